The van der Waals surface area contributed by atoms with Crippen LogP contribution in [0.3, 0.4) is 0 Å². The van der Waals surface area contributed by atoms with Gasteiger partial charge in [0.25, 0.3) is 0 Å². The third-order valence-corrected chi connectivity index (χ3v) is 2.85. The van der Waals surface area contributed by atoms with E-state index >= 15 is 0 Å². The molecule has 19 heavy (non-hydrogen) atoms. The number of rotatable bonds is 7. The standard InChI is InChI=1S/C15H24N2O2/c1-11(2)8-15(10-18)16-9-13-4-6-14(7-5-13)17-12(3)19/h4-7,11,15-16,18H,8-10H2,1-3H3,(H,17,19). The van der Waals surface area contributed by atoms with E-state index in [9.17, 15) is 9.90 Å². The van der Waals surface area contributed by atoms with Gasteiger partial charge in [0, 0.05) is 25.2 Å². The van der Waals surface area contributed by atoms with Gasteiger partial charge < -0.3 is 15.7 Å². The molecule has 1 rings (SSSR count). The van der Waals surface area contributed by atoms with Gasteiger partial charge in [0.15, 0.2) is 0 Å². The zero-order valence-electron chi connectivity index (χ0n) is 11.9. The number of anilines is 1. The lowest BCUT2D eigenvalue weighted by molar-refractivity contribution is -0.114. The fourth-order valence-corrected chi connectivity index (χ4v) is 1.96. The van der Waals surface area contributed by atoms with E-state index in [0.717, 1.165) is 24.2 Å². The molecule has 0 radical (unpaired) electrons. The van der Waals surface area contributed by atoms with Crippen LogP contribution in [0.4, 0.5) is 5.69 Å². The molecule has 0 heterocycles. The van der Waals surface area contributed by atoms with Crippen molar-refractivity contribution in [3.63, 3.8) is 0 Å². The topological polar surface area (TPSA) is 61.4 Å². The minimum atomic E-state index is -0.0665. The van der Waals surface area contributed by atoms with E-state index in [-0.39, 0.29) is 18.6 Å². The summed E-state index contributed by atoms with van der Waals surface area (Å²) in [6.07, 6.45) is 0.959. The third kappa shape index (κ3) is 6.36. The van der Waals surface area contributed by atoms with Crippen molar-refractivity contribution in [2.45, 2.75) is 39.8 Å². The summed E-state index contributed by atoms with van der Waals surface area (Å²) >= 11 is 0. The van der Waals surface area contributed by atoms with Gasteiger partial charge >= 0.3 is 0 Å². The van der Waals surface area contributed by atoms with Gasteiger partial charge in [-0.15, -0.1) is 0 Å². The predicted molar refractivity (Wildman–Crippen MR) is 77.9 cm³/mol. The zero-order valence-corrected chi connectivity index (χ0v) is 11.9. The SMILES string of the molecule is CC(=O)Nc1ccc(CNC(CO)CC(C)C)cc1. The summed E-state index contributed by atoms with van der Waals surface area (Å²) in [5.41, 5.74) is 1.94. The average molecular weight is 264 g/mol. The highest BCUT2D eigenvalue weighted by Gasteiger charge is 2.08. The van der Waals surface area contributed by atoms with Gasteiger partial charge in [-0.25, -0.2) is 0 Å². The van der Waals surface area contributed by atoms with Gasteiger partial charge in [0.1, 0.15) is 0 Å². The lowest BCUT2D eigenvalue weighted by atomic mass is 10.0. The van der Waals surface area contributed by atoms with Crippen molar-refractivity contribution in [3.05, 3.63) is 29.8 Å². The second-order valence-electron chi connectivity index (χ2n) is 5.27. The Morgan fingerprint density at radius 2 is 1.89 bits per heavy atom. The molecule has 4 nitrogen and oxygen atoms in total. The minimum absolute atomic E-state index is 0.0665. The Bertz CT molecular complexity index is 388. The number of benzene rings is 1. The fourth-order valence-electron chi connectivity index (χ4n) is 1.96. The molecule has 1 aromatic carbocycles. The van der Waals surface area contributed by atoms with Crippen LogP contribution in [0.2, 0.25) is 0 Å². The lowest BCUT2D eigenvalue weighted by Gasteiger charge is -2.18. The molecule has 0 aliphatic heterocycles. The van der Waals surface area contributed by atoms with Crippen molar-refractivity contribution in [1.82, 2.24) is 5.32 Å². The van der Waals surface area contributed by atoms with Crippen molar-refractivity contribution in [2.24, 2.45) is 5.92 Å². The quantitative estimate of drug-likeness (QED) is 0.707. The highest BCUT2D eigenvalue weighted by molar-refractivity contribution is 5.88. The van der Waals surface area contributed by atoms with Crippen LogP contribution < -0.4 is 10.6 Å². The van der Waals surface area contributed by atoms with Crippen molar-refractivity contribution in [3.8, 4) is 0 Å². The molecule has 0 spiro atoms. The fraction of sp³-hybridized carbons (Fsp3) is 0.533. The molecule has 106 valence electrons. The van der Waals surface area contributed by atoms with E-state index in [1.165, 1.54) is 6.92 Å². The highest BCUT2D eigenvalue weighted by Crippen LogP contribution is 2.10. The van der Waals surface area contributed by atoms with Gasteiger partial charge in [0.05, 0.1) is 6.61 Å². The molecule has 0 fully saturated rings. The number of carbonyl (C=O) groups is 1. The number of amides is 1. The molecular weight excluding hydrogens is 240 g/mol. The van der Waals surface area contributed by atoms with Crippen LogP contribution in [0.5, 0.6) is 0 Å². The second-order valence-corrected chi connectivity index (χ2v) is 5.27. The lowest BCUT2D eigenvalue weighted by Crippen LogP contribution is -2.33. The summed E-state index contributed by atoms with van der Waals surface area (Å²) < 4.78 is 0. The largest absolute Gasteiger partial charge is 0.395 e. The number of nitrogens with one attached hydrogen (secondary N) is 2. The summed E-state index contributed by atoms with van der Waals surface area (Å²) in [5, 5.41) is 15.4. The van der Waals surface area contributed by atoms with Gasteiger partial charge in [-0.2, -0.15) is 0 Å². The van der Waals surface area contributed by atoms with Crippen LogP contribution in [0.1, 0.15) is 32.8 Å². The Balaban J connectivity index is 2.46. The maximum absolute atomic E-state index is 10.9. The van der Waals surface area contributed by atoms with Gasteiger partial charge in [0.2, 0.25) is 5.91 Å². The first-order valence-electron chi connectivity index (χ1n) is 6.72. The number of hydrogen-bond donors (Lipinski definition) is 3. The molecule has 1 aromatic rings. The summed E-state index contributed by atoms with van der Waals surface area (Å²) in [4.78, 5) is 10.9. The van der Waals surface area contributed by atoms with Crippen LogP contribution >= 0.6 is 0 Å². The van der Waals surface area contributed by atoms with Crippen LogP contribution in [0, 0.1) is 5.92 Å². The van der Waals surface area contributed by atoms with E-state index in [4.69, 9.17) is 0 Å². The number of aliphatic hydroxyl groups is 1. The Hall–Kier alpha value is -1.39. The molecule has 0 bridgehead atoms. The zero-order chi connectivity index (χ0) is 14.3. The van der Waals surface area contributed by atoms with E-state index in [2.05, 4.69) is 24.5 Å². The van der Waals surface area contributed by atoms with Gasteiger partial charge in [-0.05, 0) is 30.0 Å². The molecular formula is C15H24N2O2. The molecule has 3 N–H and O–H groups in total. The number of hydrogen-bond acceptors (Lipinski definition) is 3. The summed E-state index contributed by atoms with van der Waals surface area (Å²) in [6, 6.07) is 7.85. The Morgan fingerprint density at radius 3 is 2.37 bits per heavy atom. The number of carbonyl (C=O) groups excluding carboxylic acids is 1. The summed E-state index contributed by atoms with van der Waals surface area (Å²) in [6.45, 7) is 6.66. The van der Waals surface area contributed by atoms with Gasteiger partial charge in [-0.1, -0.05) is 26.0 Å². The smallest absolute Gasteiger partial charge is 0.221 e. The molecule has 0 saturated carbocycles. The molecule has 0 aromatic heterocycles. The molecule has 1 atom stereocenters. The summed E-state index contributed by atoms with van der Waals surface area (Å²) in [5.74, 6) is 0.495. The van der Waals surface area contributed by atoms with Crippen LogP contribution in [-0.4, -0.2) is 23.7 Å². The predicted octanol–water partition coefficient (Wildman–Crippen LogP) is 2.14. The summed E-state index contributed by atoms with van der Waals surface area (Å²) in [7, 11) is 0. The third-order valence-electron chi connectivity index (χ3n) is 2.85. The van der Waals surface area contributed by atoms with Crippen LogP contribution in [-0.2, 0) is 11.3 Å². The van der Waals surface area contributed by atoms with Gasteiger partial charge in [-0.3, -0.25) is 4.79 Å². The Morgan fingerprint density at radius 1 is 1.26 bits per heavy atom. The van der Waals surface area contributed by atoms with E-state index in [1.807, 2.05) is 24.3 Å². The molecule has 0 aliphatic rings. The molecule has 1 amide bonds. The monoisotopic (exact) mass is 264 g/mol. The Labute approximate surface area is 115 Å². The molecule has 4 heteroatoms. The first kappa shape index (κ1) is 15.7. The van der Waals surface area contributed by atoms with Crippen molar-refractivity contribution >= 4 is 11.6 Å². The van der Waals surface area contributed by atoms with E-state index in [1.54, 1.807) is 0 Å². The highest BCUT2D eigenvalue weighted by atomic mass is 16.3. The Kier molecular flexibility index (Phi) is 6.53. The van der Waals surface area contributed by atoms with Crippen LogP contribution in [0.25, 0.3) is 0 Å². The normalized spacial score (nSPS) is 12.5. The van der Waals surface area contributed by atoms with Crippen LogP contribution in [0.15, 0.2) is 24.3 Å². The van der Waals surface area contributed by atoms with Crippen molar-refractivity contribution in [1.29, 1.82) is 0 Å². The second kappa shape index (κ2) is 7.92. The van der Waals surface area contributed by atoms with E-state index < -0.39 is 0 Å². The van der Waals surface area contributed by atoms with Crippen molar-refractivity contribution in [2.75, 3.05) is 11.9 Å². The molecule has 1 unspecified atom stereocenters. The maximum Gasteiger partial charge on any atom is 0.221 e. The first-order valence-corrected chi connectivity index (χ1v) is 6.72. The average Bonchev–Trinajstić information content (AvgIpc) is 2.35. The minimum Gasteiger partial charge on any atom is -0.395 e. The van der Waals surface area contributed by atoms with Crippen molar-refractivity contribution < 1.29 is 9.90 Å². The molecule has 0 aliphatic carbocycles. The number of aliphatic hydroxyl groups excluding tert-OH is 1. The molecule has 0 saturated heterocycles. The first-order chi connectivity index (χ1) is 9.01. The van der Waals surface area contributed by atoms with E-state index in [0.29, 0.717) is 5.92 Å². The maximum atomic E-state index is 10.9.